The van der Waals surface area contributed by atoms with Gasteiger partial charge in [-0.15, -0.1) is 12.4 Å². The van der Waals surface area contributed by atoms with E-state index in [9.17, 15) is 4.79 Å². The van der Waals surface area contributed by atoms with E-state index in [1.165, 1.54) is 0 Å². The van der Waals surface area contributed by atoms with Crippen LogP contribution in [0, 0.1) is 0 Å². The van der Waals surface area contributed by atoms with Crippen LogP contribution in [0.15, 0.2) is 42.5 Å². The molecular weight excluding hydrogens is 328 g/mol. The molecule has 0 unspecified atom stereocenters. The lowest BCUT2D eigenvalue weighted by Gasteiger charge is -2.10. The van der Waals surface area contributed by atoms with Crippen LogP contribution in [0.4, 0.5) is 5.69 Å². The predicted molar refractivity (Wildman–Crippen MR) is 98.3 cm³/mol. The molecule has 0 heterocycles. The van der Waals surface area contributed by atoms with Crippen LogP contribution in [-0.2, 0) is 6.42 Å². The van der Waals surface area contributed by atoms with Gasteiger partial charge in [0.25, 0.3) is 5.91 Å². The molecule has 0 aromatic heterocycles. The van der Waals surface area contributed by atoms with Gasteiger partial charge in [0.05, 0.1) is 14.2 Å². The summed E-state index contributed by atoms with van der Waals surface area (Å²) in [6, 6.07) is 12.8. The number of rotatable bonds is 7. The Bertz CT molecular complexity index is 677. The van der Waals surface area contributed by atoms with E-state index in [1.54, 1.807) is 38.5 Å². The maximum absolute atomic E-state index is 12.0. The molecule has 0 bridgehead atoms. The fourth-order valence-corrected chi connectivity index (χ4v) is 2.31. The number of nitrogen functional groups attached to an aromatic ring is 1. The fourth-order valence-electron chi connectivity index (χ4n) is 2.31. The van der Waals surface area contributed by atoms with Gasteiger partial charge in [0, 0.05) is 17.8 Å². The molecule has 130 valence electrons. The fraction of sp³-hybridized carbons (Fsp3) is 0.278. The number of nitrogens with two attached hydrogens (primary N) is 1. The van der Waals surface area contributed by atoms with Crippen molar-refractivity contribution in [1.82, 2.24) is 5.32 Å². The first-order valence-electron chi connectivity index (χ1n) is 7.48. The van der Waals surface area contributed by atoms with Crippen LogP contribution in [-0.4, -0.2) is 26.7 Å². The highest BCUT2D eigenvalue weighted by Gasteiger charge is 2.06. The summed E-state index contributed by atoms with van der Waals surface area (Å²) in [4.78, 5) is 12.0. The predicted octanol–water partition coefficient (Wildman–Crippen LogP) is 3.07. The molecule has 3 N–H and O–H groups in total. The Labute approximate surface area is 148 Å². The molecule has 0 aliphatic carbocycles. The molecule has 0 saturated carbocycles. The van der Waals surface area contributed by atoms with Crippen LogP contribution in [0.3, 0.4) is 0 Å². The number of amides is 1. The van der Waals surface area contributed by atoms with Crippen molar-refractivity contribution in [2.24, 2.45) is 0 Å². The summed E-state index contributed by atoms with van der Waals surface area (Å²) in [7, 11) is 3.23. The van der Waals surface area contributed by atoms with Gasteiger partial charge >= 0.3 is 0 Å². The number of nitrogens with one attached hydrogen (secondary N) is 1. The molecule has 2 aromatic rings. The SMILES string of the molecule is COc1ccc(CCCNC(=O)c2cccc(N)c2)cc1OC.Cl. The zero-order chi connectivity index (χ0) is 16.7. The van der Waals surface area contributed by atoms with Gasteiger partial charge in [-0.25, -0.2) is 0 Å². The number of benzene rings is 2. The standard InChI is InChI=1S/C18H22N2O3.ClH/c1-22-16-9-8-13(11-17(16)23-2)5-4-10-20-18(21)14-6-3-7-15(19)12-14;/h3,6-9,11-12H,4-5,10,19H2,1-2H3,(H,20,21);1H. The monoisotopic (exact) mass is 350 g/mol. The van der Waals surface area contributed by atoms with Crippen molar-refractivity contribution >= 4 is 24.0 Å². The van der Waals surface area contributed by atoms with Crippen molar-refractivity contribution in [1.29, 1.82) is 0 Å². The van der Waals surface area contributed by atoms with E-state index in [1.807, 2.05) is 18.2 Å². The first kappa shape index (κ1) is 19.6. The van der Waals surface area contributed by atoms with Crippen LogP contribution >= 0.6 is 12.4 Å². The van der Waals surface area contributed by atoms with Gasteiger partial charge in [-0.1, -0.05) is 12.1 Å². The molecular formula is C18H23ClN2O3. The van der Waals surface area contributed by atoms with Crippen molar-refractivity contribution in [3.8, 4) is 11.5 Å². The third-order valence-electron chi connectivity index (χ3n) is 3.52. The number of carbonyl (C=O) groups excluding carboxylic acids is 1. The number of aryl methyl sites for hydroxylation is 1. The Kier molecular flexibility index (Phi) is 7.92. The van der Waals surface area contributed by atoms with Crippen LogP contribution < -0.4 is 20.5 Å². The summed E-state index contributed by atoms with van der Waals surface area (Å²) >= 11 is 0. The van der Waals surface area contributed by atoms with E-state index in [-0.39, 0.29) is 18.3 Å². The second-order valence-corrected chi connectivity index (χ2v) is 5.17. The number of hydrogen-bond acceptors (Lipinski definition) is 4. The van der Waals surface area contributed by atoms with Gasteiger partial charge < -0.3 is 20.5 Å². The largest absolute Gasteiger partial charge is 0.493 e. The molecule has 6 heteroatoms. The maximum Gasteiger partial charge on any atom is 0.251 e. The minimum atomic E-state index is -0.107. The van der Waals surface area contributed by atoms with E-state index in [0.29, 0.717) is 29.3 Å². The van der Waals surface area contributed by atoms with Crippen LogP contribution in [0.5, 0.6) is 11.5 Å². The third-order valence-corrected chi connectivity index (χ3v) is 3.52. The van der Waals surface area contributed by atoms with Crippen LogP contribution in [0.2, 0.25) is 0 Å². The summed E-state index contributed by atoms with van der Waals surface area (Å²) in [5.74, 6) is 1.32. The molecule has 2 rings (SSSR count). The number of halogens is 1. The van der Waals surface area contributed by atoms with Crippen LogP contribution in [0.25, 0.3) is 0 Å². The zero-order valence-corrected chi connectivity index (χ0v) is 14.7. The minimum absolute atomic E-state index is 0. The summed E-state index contributed by atoms with van der Waals surface area (Å²) < 4.78 is 10.5. The smallest absolute Gasteiger partial charge is 0.251 e. The summed E-state index contributed by atoms with van der Waals surface area (Å²) in [5.41, 5.74) is 7.98. The molecule has 1 amide bonds. The molecule has 0 aliphatic heterocycles. The van der Waals surface area contributed by atoms with Crippen LogP contribution in [0.1, 0.15) is 22.3 Å². The highest BCUT2D eigenvalue weighted by molar-refractivity contribution is 5.94. The van der Waals surface area contributed by atoms with Gasteiger partial charge in [-0.05, 0) is 48.7 Å². The molecule has 0 radical (unpaired) electrons. The zero-order valence-electron chi connectivity index (χ0n) is 13.9. The number of hydrogen-bond donors (Lipinski definition) is 2. The van der Waals surface area contributed by atoms with Gasteiger partial charge in [0.1, 0.15) is 0 Å². The normalized spacial score (nSPS) is 9.75. The summed E-state index contributed by atoms with van der Waals surface area (Å²) in [6.07, 6.45) is 1.68. The lowest BCUT2D eigenvalue weighted by atomic mass is 10.1. The van der Waals surface area contributed by atoms with Crippen molar-refractivity contribution < 1.29 is 14.3 Å². The highest BCUT2D eigenvalue weighted by Crippen LogP contribution is 2.27. The van der Waals surface area contributed by atoms with E-state index in [0.717, 1.165) is 18.4 Å². The van der Waals surface area contributed by atoms with Gasteiger partial charge in [0.2, 0.25) is 0 Å². The average Bonchev–Trinajstić information content (AvgIpc) is 2.58. The van der Waals surface area contributed by atoms with Gasteiger partial charge in [-0.3, -0.25) is 4.79 Å². The van der Waals surface area contributed by atoms with Gasteiger partial charge in [0.15, 0.2) is 11.5 Å². The summed E-state index contributed by atoms with van der Waals surface area (Å²) in [5, 5.41) is 2.90. The van der Waals surface area contributed by atoms with E-state index in [2.05, 4.69) is 5.32 Å². The molecule has 2 aromatic carbocycles. The average molecular weight is 351 g/mol. The molecule has 0 spiro atoms. The Morgan fingerprint density at radius 1 is 1.08 bits per heavy atom. The molecule has 24 heavy (non-hydrogen) atoms. The Balaban J connectivity index is 0.00000288. The third kappa shape index (κ3) is 5.35. The summed E-state index contributed by atoms with van der Waals surface area (Å²) in [6.45, 7) is 0.599. The van der Waals surface area contributed by atoms with Crippen molar-refractivity contribution in [3.05, 3.63) is 53.6 Å². The molecule has 0 fully saturated rings. The number of methoxy groups -OCH3 is 2. The van der Waals surface area contributed by atoms with E-state index in [4.69, 9.17) is 15.2 Å². The van der Waals surface area contributed by atoms with E-state index >= 15 is 0 Å². The second-order valence-electron chi connectivity index (χ2n) is 5.17. The number of carbonyl (C=O) groups is 1. The Morgan fingerprint density at radius 2 is 1.83 bits per heavy atom. The molecule has 5 nitrogen and oxygen atoms in total. The van der Waals surface area contributed by atoms with Gasteiger partial charge in [-0.2, -0.15) is 0 Å². The highest BCUT2D eigenvalue weighted by atomic mass is 35.5. The first-order valence-corrected chi connectivity index (χ1v) is 7.48. The lowest BCUT2D eigenvalue weighted by Crippen LogP contribution is -2.24. The second kappa shape index (κ2) is 9.67. The first-order chi connectivity index (χ1) is 11.1. The Morgan fingerprint density at radius 3 is 2.50 bits per heavy atom. The lowest BCUT2D eigenvalue weighted by molar-refractivity contribution is 0.0953. The van der Waals surface area contributed by atoms with Crippen molar-refractivity contribution in [2.45, 2.75) is 12.8 Å². The molecule has 0 aliphatic rings. The minimum Gasteiger partial charge on any atom is -0.493 e. The van der Waals surface area contributed by atoms with Crippen molar-refractivity contribution in [3.63, 3.8) is 0 Å². The maximum atomic E-state index is 12.0. The van der Waals surface area contributed by atoms with Crippen molar-refractivity contribution in [2.75, 3.05) is 26.5 Å². The topological polar surface area (TPSA) is 73.6 Å². The molecule has 0 atom stereocenters. The van der Waals surface area contributed by atoms with E-state index < -0.39 is 0 Å². The number of ether oxygens (including phenoxy) is 2. The Hall–Kier alpha value is -2.40. The molecule has 0 saturated heterocycles. The number of anilines is 1. The quantitative estimate of drug-likeness (QED) is 0.594.